The van der Waals surface area contributed by atoms with Crippen LogP contribution in [0.3, 0.4) is 0 Å². The number of nitrogens with zero attached hydrogens (tertiary/aromatic N) is 4. The average Bonchev–Trinajstić information content (AvgIpc) is 2.90. The number of aliphatic imine (C=N–C) groups is 2. The number of hydrogen-bond donors (Lipinski definition) is 0. The summed E-state index contributed by atoms with van der Waals surface area (Å²) in [5.41, 5.74) is 3.32. The van der Waals surface area contributed by atoms with Crippen molar-refractivity contribution in [3.05, 3.63) is 102 Å². The lowest BCUT2D eigenvalue weighted by molar-refractivity contribution is 0.100. The van der Waals surface area contributed by atoms with Gasteiger partial charge in [-0.15, -0.1) is 0 Å². The lowest BCUT2D eigenvalue weighted by Gasteiger charge is -2.20. The van der Waals surface area contributed by atoms with Crippen LogP contribution in [0.25, 0.3) is 10.9 Å². The van der Waals surface area contributed by atoms with Gasteiger partial charge in [-0.3, -0.25) is 9.78 Å². The van der Waals surface area contributed by atoms with E-state index in [1.54, 1.807) is 12.3 Å². The van der Waals surface area contributed by atoms with E-state index in [0.29, 0.717) is 17.9 Å². The van der Waals surface area contributed by atoms with Crippen LogP contribution in [-0.2, 0) is 6.54 Å². The molecule has 0 radical (unpaired) electrons. The van der Waals surface area contributed by atoms with Crippen LogP contribution in [0.1, 0.15) is 21.5 Å². The zero-order valence-corrected chi connectivity index (χ0v) is 15.0. The summed E-state index contributed by atoms with van der Waals surface area (Å²) < 4.78 is 0. The van der Waals surface area contributed by atoms with Gasteiger partial charge in [0, 0.05) is 35.5 Å². The highest BCUT2D eigenvalue weighted by molar-refractivity contribution is 6.16. The van der Waals surface area contributed by atoms with Gasteiger partial charge in [0.25, 0.3) is 5.91 Å². The second kappa shape index (κ2) is 6.70. The Balaban J connectivity index is 1.60. The molecular formula is C23H16N4O. The molecule has 0 bridgehead atoms. The van der Waals surface area contributed by atoms with E-state index >= 15 is 0 Å². The number of aromatic nitrogens is 1. The predicted molar refractivity (Wildman–Crippen MR) is 110 cm³/mol. The average molecular weight is 364 g/mol. The van der Waals surface area contributed by atoms with E-state index in [1.807, 2.05) is 77.9 Å². The molecule has 3 heterocycles. The van der Waals surface area contributed by atoms with Crippen molar-refractivity contribution in [2.24, 2.45) is 9.98 Å². The van der Waals surface area contributed by atoms with Crippen LogP contribution < -0.4 is 0 Å². The van der Waals surface area contributed by atoms with Crippen molar-refractivity contribution in [3.63, 3.8) is 0 Å². The molecule has 2 aromatic carbocycles. The summed E-state index contributed by atoms with van der Waals surface area (Å²) in [6.07, 6.45) is 9.55. The normalized spacial score (nSPS) is 16.5. The van der Waals surface area contributed by atoms with E-state index < -0.39 is 0 Å². The van der Waals surface area contributed by atoms with Crippen molar-refractivity contribution in [1.82, 2.24) is 9.88 Å². The minimum absolute atomic E-state index is 0.316. The monoisotopic (exact) mass is 364 g/mol. The highest BCUT2D eigenvalue weighted by Gasteiger charge is 2.20. The summed E-state index contributed by atoms with van der Waals surface area (Å²) in [4.78, 5) is 28.3. The van der Waals surface area contributed by atoms with Crippen LogP contribution in [0, 0.1) is 0 Å². The maximum absolute atomic E-state index is 12.9. The van der Waals surface area contributed by atoms with Crippen molar-refractivity contribution < 1.29 is 4.79 Å². The molecule has 0 saturated carbocycles. The van der Waals surface area contributed by atoms with Gasteiger partial charge < -0.3 is 4.90 Å². The van der Waals surface area contributed by atoms with Gasteiger partial charge in [0.05, 0.1) is 5.52 Å². The van der Waals surface area contributed by atoms with Crippen molar-refractivity contribution in [1.29, 1.82) is 0 Å². The molecular weight excluding hydrogens is 348 g/mol. The van der Waals surface area contributed by atoms with Gasteiger partial charge in [-0.2, -0.15) is 4.99 Å². The van der Waals surface area contributed by atoms with E-state index in [-0.39, 0.29) is 5.91 Å². The number of allylic oxidation sites excluding steroid dienone is 2. The van der Waals surface area contributed by atoms with Gasteiger partial charge in [0.15, 0.2) is 5.84 Å². The van der Waals surface area contributed by atoms with Crippen molar-refractivity contribution in [2.45, 2.75) is 6.54 Å². The number of carbonyl (C=O) groups is 1. The standard InChI is InChI=1S/C23H16N4O/c28-23(17-10-11-20-16(14-17)7-5-12-24-20)26-22-19-8-2-1-6-18(19)15-27-13-4-3-9-21(27)25-22/h1-14H,15H2. The largest absolute Gasteiger partial charge is 0.329 e. The van der Waals surface area contributed by atoms with Crippen LogP contribution in [0.5, 0.6) is 0 Å². The van der Waals surface area contributed by atoms with Crippen LogP contribution in [0.2, 0.25) is 0 Å². The Kier molecular flexibility index (Phi) is 3.91. The van der Waals surface area contributed by atoms with Crippen molar-refractivity contribution in [2.75, 3.05) is 0 Å². The van der Waals surface area contributed by atoms with E-state index in [0.717, 1.165) is 27.9 Å². The molecule has 5 rings (SSSR count). The summed E-state index contributed by atoms with van der Waals surface area (Å²) in [6, 6.07) is 17.1. The Labute approximate surface area is 162 Å². The number of pyridine rings is 1. The SMILES string of the molecule is O=C(N=C1N=C2C=CC=CN2Cc2ccccc21)c1ccc2ncccc2c1. The van der Waals surface area contributed by atoms with Gasteiger partial charge >= 0.3 is 0 Å². The van der Waals surface area contributed by atoms with Gasteiger partial charge in [-0.1, -0.05) is 36.4 Å². The lowest BCUT2D eigenvalue weighted by Crippen LogP contribution is -2.24. The third-order valence-corrected chi connectivity index (χ3v) is 4.79. The maximum atomic E-state index is 12.9. The van der Waals surface area contributed by atoms with Gasteiger partial charge in [-0.05, 0) is 42.0 Å². The first-order valence-electron chi connectivity index (χ1n) is 9.04. The summed E-state index contributed by atoms with van der Waals surface area (Å²) in [5.74, 6) is 0.890. The molecule has 1 amide bonds. The number of hydrogen-bond acceptors (Lipinski definition) is 3. The first kappa shape index (κ1) is 16.3. The summed E-state index contributed by atoms with van der Waals surface area (Å²) in [7, 11) is 0. The number of amidine groups is 2. The van der Waals surface area contributed by atoms with E-state index in [4.69, 9.17) is 0 Å². The van der Waals surface area contributed by atoms with Gasteiger partial charge in [0.1, 0.15) is 5.84 Å². The van der Waals surface area contributed by atoms with Crippen LogP contribution >= 0.6 is 0 Å². The summed E-state index contributed by atoms with van der Waals surface area (Å²) in [6.45, 7) is 0.685. The molecule has 3 aromatic rings. The molecule has 0 spiro atoms. The molecule has 5 nitrogen and oxygen atoms in total. The fourth-order valence-electron chi connectivity index (χ4n) is 3.39. The third kappa shape index (κ3) is 2.93. The maximum Gasteiger partial charge on any atom is 0.279 e. The predicted octanol–water partition coefficient (Wildman–Crippen LogP) is 4.12. The molecule has 134 valence electrons. The molecule has 0 fully saturated rings. The Bertz CT molecular complexity index is 1220. The van der Waals surface area contributed by atoms with E-state index in [9.17, 15) is 4.79 Å². The molecule has 0 unspecified atom stereocenters. The Hall–Kier alpha value is -3.86. The Morgan fingerprint density at radius 2 is 1.96 bits per heavy atom. The number of fused-ring (bicyclic) bond motifs is 3. The first-order valence-corrected chi connectivity index (χ1v) is 9.04. The van der Waals surface area contributed by atoms with Gasteiger partial charge in [-0.25, -0.2) is 4.99 Å². The quantitative estimate of drug-likeness (QED) is 0.653. The second-order valence-electron chi connectivity index (χ2n) is 6.61. The van der Waals surface area contributed by atoms with Crippen molar-refractivity contribution in [3.8, 4) is 0 Å². The molecule has 1 aromatic heterocycles. The Morgan fingerprint density at radius 1 is 1.04 bits per heavy atom. The number of carbonyl (C=O) groups excluding carboxylic acids is 1. The van der Waals surface area contributed by atoms with Gasteiger partial charge in [0.2, 0.25) is 0 Å². The van der Waals surface area contributed by atoms with Crippen molar-refractivity contribution >= 4 is 28.5 Å². The zero-order chi connectivity index (χ0) is 18.9. The number of rotatable bonds is 1. The van der Waals surface area contributed by atoms with Crippen LogP contribution in [0.4, 0.5) is 0 Å². The molecule has 2 aliphatic rings. The molecule has 5 heteroatoms. The zero-order valence-electron chi connectivity index (χ0n) is 15.0. The molecule has 0 N–H and O–H groups in total. The summed E-state index contributed by atoms with van der Waals surface area (Å²) >= 11 is 0. The third-order valence-electron chi connectivity index (χ3n) is 4.79. The lowest BCUT2D eigenvalue weighted by atomic mass is 10.1. The fourth-order valence-corrected chi connectivity index (χ4v) is 3.39. The minimum Gasteiger partial charge on any atom is -0.329 e. The minimum atomic E-state index is -0.316. The smallest absolute Gasteiger partial charge is 0.279 e. The fraction of sp³-hybridized carbons (Fsp3) is 0.0435. The topological polar surface area (TPSA) is 57.9 Å². The highest BCUT2D eigenvalue weighted by atomic mass is 16.1. The highest BCUT2D eigenvalue weighted by Crippen LogP contribution is 2.21. The van der Waals surface area contributed by atoms with Crippen LogP contribution in [0.15, 0.2) is 95.2 Å². The molecule has 0 atom stereocenters. The molecule has 28 heavy (non-hydrogen) atoms. The number of benzene rings is 2. The summed E-state index contributed by atoms with van der Waals surface area (Å²) in [5, 5.41) is 0.910. The second-order valence-corrected chi connectivity index (χ2v) is 6.61. The van der Waals surface area contributed by atoms with Crippen LogP contribution in [-0.4, -0.2) is 27.5 Å². The molecule has 0 saturated heterocycles. The Morgan fingerprint density at radius 3 is 2.93 bits per heavy atom. The molecule has 0 aliphatic carbocycles. The molecule has 2 aliphatic heterocycles. The van der Waals surface area contributed by atoms with E-state index in [2.05, 4.69) is 15.0 Å². The number of amides is 1. The van der Waals surface area contributed by atoms with E-state index in [1.165, 1.54) is 0 Å². The first-order chi connectivity index (χ1) is 13.8.